The highest BCUT2D eigenvalue weighted by Crippen LogP contribution is 2.24. The second kappa shape index (κ2) is 6.27. The lowest BCUT2D eigenvalue weighted by atomic mass is 10.2. The monoisotopic (exact) mass is 331 g/mol. The van der Waals surface area contributed by atoms with E-state index in [1.807, 2.05) is 0 Å². The summed E-state index contributed by atoms with van der Waals surface area (Å²) in [6.45, 7) is -1.34. The number of halogens is 3. The molecule has 4 nitrogen and oxygen atoms in total. The fourth-order valence-corrected chi connectivity index (χ4v) is 2.76. The molecule has 0 aliphatic heterocycles. The highest BCUT2D eigenvalue weighted by Gasteiger charge is 2.15. The van der Waals surface area contributed by atoms with Crippen LogP contribution in [-0.4, -0.2) is 15.0 Å². The summed E-state index contributed by atoms with van der Waals surface area (Å²) in [6.07, 6.45) is 0. The van der Waals surface area contributed by atoms with E-state index in [4.69, 9.17) is 0 Å². The second-order valence-corrected chi connectivity index (χ2v) is 6.16. The molecule has 0 aliphatic carbocycles. The Labute approximate surface area is 125 Å². The van der Waals surface area contributed by atoms with E-state index in [1.165, 1.54) is 12.1 Å². The molecule has 0 saturated heterocycles. The Morgan fingerprint density at radius 3 is 2.32 bits per heavy atom. The molecule has 0 radical (unpaired) electrons. The lowest BCUT2D eigenvalue weighted by Gasteiger charge is -2.11. The Balaban J connectivity index is 2.29. The van der Waals surface area contributed by atoms with Gasteiger partial charge in [-0.3, -0.25) is 4.72 Å². The van der Waals surface area contributed by atoms with Gasteiger partial charge in [-0.2, -0.15) is 8.78 Å². The minimum absolute atomic E-state index is 0.0290. The second-order valence-electron chi connectivity index (χ2n) is 4.47. The third-order valence-electron chi connectivity index (χ3n) is 2.68. The zero-order valence-electron chi connectivity index (χ0n) is 11.4. The molecule has 0 unspecified atom stereocenters. The van der Waals surface area contributed by atoms with Gasteiger partial charge in [0.2, 0.25) is 0 Å². The van der Waals surface area contributed by atoms with Crippen LogP contribution in [0.2, 0.25) is 0 Å². The first-order chi connectivity index (χ1) is 10.3. The van der Waals surface area contributed by atoms with Gasteiger partial charge in [0.05, 0.1) is 10.6 Å². The topological polar surface area (TPSA) is 55.4 Å². The average Bonchev–Trinajstić information content (AvgIpc) is 2.36. The molecule has 2 aromatic rings. The summed E-state index contributed by atoms with van der Waals surface area (Å²) in [5.41, 5.74) is 0.661. The van der Waals surface area contributed by atoms with E-state index < -0.39 is 28.2 Å². The average molecular weight is 331 g/mol. The van der Waals surface area contributed by atoms with Gasteiger partial charge >= 0.3 is 6.61 Å². The van der Waals surface area contributed by atoms with Crippen LogP contribution in [0.15, 0.2) is 47.4 Å². The molecule has 2 aromatic carbocycles. The van der Waals surface area contributed by atoms with Crippen LogP contribution < -0.4 is 9.46 Å². The zero-order valence-corrected chi connectivity index (χ0v) is 12.2. The van der Waals surface area contributed by atoms with Crippen LogP contribution in [0.25, 0.3) is 0 Å². The summed E-state index contributed by atoms with van der Waals surface area (Å²) >= 11 is 0. The van der Waals surface area contributed by atoms with E-state index >= 15 is 0 Å². The molecule has 0 aromatic heterocycles. The van der Waals surface area contributed by atoms with Crippen molar-refractivity contribution in [1.29, 1.82) is 0 Å². The van der Waals surface area contributed by atoms with Crippen LogP contribution >= 0.6 is 0 Å². The Morgan fingerprint density at radius 2 is 1.73 bits per heavy atom. The fourth-order valence-electron chi connectivity index (χ4n) is 1.72. The molecule has 0 heterocycles. The van der Waals surface area contributed by atoms with E-state index in [0.29, 0.717) is 0 Å². The van der Waals surface area contributed by atoms with Crippen molar-refractivity contribution in [3.8, 4) is 5.75 Å². The van der Waals surface area contributed by atoms with Crippen molar-refractivity contribution in [2.24, 2.45) is 0 Å². The molecule has 22 heavy (non-hydrogen) atoms. The molecular weight excluding hydrogens is 319 g/mol. The molecule has 118 valence electrons. The maximum atomic E-state index is 13.3. The highest BCUT2D eigenvalue weighted by molar-refractivity contribution is 7.92. The molecule has 0 amide bonds. The van der Waals surface area contributed by atoms with Gasteiger partial charge in [-0.05, 0) is 25.1 Å². The number of aryl methyl sites for hydroxylation is 1. The highest BCUT2D eigenvalue weighted by atomic mass is 32.2. The Morgan fingerprint density at radius 1 is 1.09 bits per heavy atom. The SMILES string of the molecule is Cc1ccc(S(=O)(=O)Nc2cc(F)cc(OC(F)F)c2)cc1. The fraction of sp³-hybridized carbons (Fsp3) is 0.143. The molecule has 8 heteroatoms. The van der Waals surface area contributed by atoms with Crippen molar-refractivity contribution in [1.82, 2.24) is 0 Å². The summed E-state index contributed by atoms with van der Waals surface area (Å²) in [6, 6.07) is 8.54. The Kier molecular flexibility index (Phi) is 4.60. The molecule has 0 bridgehead atoms. The third-order valence-corrected chi connectivity index (χ3v) is 4.08. The number of alkyl halides is 2. The van der Waals surface area contributed by atoms with Crippen molar-refractivity contribution in [2.75, 3.05) is 4.72 Å². The Bertz CT molecular complexity index is 761. The molecule has 1 N–H and O–H groups in total. The van der Waals surface area contributed by atoms with Gasteiger partial charge in [-0.1, -0.05) is 17.7 Å². The normalized spacial score (nSPS) is 11.5. The smallest absolute Gasteiger partial charge is 0.387 e. The minimum Gasteiger partial charge on any atom is -0.435 e. The quantitative estimate of drug-likeness (QED) is 0.912. The summed E-state index contributed by atoms with van der Waals surface area (Å²) in [5, 5.41) is 0. The molecular formula is C14H12F3NO3S. The van der Waals surface area contributed by atoms with Gasteiger partial charge in [-0.25, -0.2) is 12.8 Å². The number of nitrogens with one attached hydrogen (secondary N) is 1. The lowest BCUT2D eigenvalue weighted by molar-refractivity contribution is -0.0499. The molecule has 0 spiro atoms. The number of sulfonamides is 1. The standard InChI is InChI=1S/C14H12F3NO3S/c1-9-2-4-13(5-3-9)22(19,20)18-11-6-10(15)7-12(8-11)21-14(16)17/h2-8,14,18H,1H3. The number of rotatable bonds is 5. The van der Waals surface area contributed by atoms with Gasteiger partial charge in [0.15, 0.2) is 0 Å². The third kappa shape index (κ3) is 4.14. The van der Waals surface area contributed by atoms with E-state index in [2.05, 4.69) is 9.46 Å². The van der Waals surface area contributed by atoms with Crippen LogP contribution in [0, 0.1) is 12.7 Å². The first-order valence-electron chi connectivity index (χ1n) is 6.11. The number of hydrogen-bond acceptors (Lipinski definition) is 3. The van der Waals surface area contributed by atoms with Crippen molar-refractivity contribution in [2.45, 2.75) is 18.4 Å². The van der Waals surface area contributed by atoms with E-state index in [-0.39, 0.29) is 10.6 Å². The first kappa shape index (κ1) is 16.2. The summed E-state index contributed by atoms with van der Waals surface area (Å²) in [5.74, 6) is -1.38. The molecule has 0 saturated carbocycles. The van der Waals surface area contributed by atoms with Crippen molar-refractivity contribution < 1.29 is 26.3 Å². The minimum atomic E-state index is -3.95. The zero-order chi connectivity index (χ0) is 16.3. The van der Waals surface area contributed by atoms with Gasteiger partial charge in [0, 0.05) is 12.1 Å². The van der Waals surface area contributed by atoms with Gasteiger partial charge in [-0.15, -0.1) is 0 Å². The predicted octanol–water partition coefficient (Wildman–Crippen LogP) is 3.54. The molecule has 2 rings (SSSR count). The number of ether oxygens (including phenoxy) is 1. The lowest BCUT2D eigenvalue weighted by Crippen LogP contribution is -2.13. The molecule has 0 fully saturated rings. The van der Waals surface area contributed by atoms with Crippen molar-refractivity contribution >= 4 is 15.7 Å². The van der Waals surface area contributed by atoms with Crippen molar-refractivity contribution in [3.05, 3.63) is 53.8 Å². The van der Waals surface area contributed by atoms with Crippen LogP contribution in [0.5, 0.6) is 5.75 Å². The number of anilines is 1. The van der Waals surface area contributed by atoms with E-state index in [1.54, 1.807) is 19.1 Å². The molecule has 0 atom stereocenters. The van der Waals surface area contributed by atoms with Crippen LogP contribution in [0.4, 0.5) is 18.9 Å². The van der Waals surface area contributed by atoms with Gasteiger partial charge < -0.3 is 4.74 Å². The van der Waals surface area contributed by atoms with Crippen LogP contribution in [0.3, 0.4) is 0 Å². The first-order valence-corrected chi connectivity index (χ1v) is 7.59. The van der Waals surface area contributed by atoms with Crippen LogP contribution in [0.1, 0.15) is 5.56 Å². The summed E-state index contributed by atoms with van der Waals surface area (Å²) in [4.78, 5) is -0.0290. The molecule has 0 aliphatic rings. The Hall–Kier alpha value is -2.22. The maximum Gasteiger partial charge on any atom is 0.387 e. The summed E-state index contributed by atoms with van der Waals surface area (Å²) < 4.78 is 68.1. The largest absolute Gasteiger partial charge is 0.435 e. The van der Waals surface area contributed by atoms with Crippen molar-refractivity contribution in [3.63, 3.8) is 0 Å². The number of benzene rings is 2. The van der Waals surface area contributed by atoms with Gasteiger partial charge in [0.1, 0.15) is 11.6 Å². The summed E-state index contributed by atoms with van der Waals surface area (Å²) in [7, 11) is -3.95. The van der Waals surface area contributed by atoms with E-state index in [0.717, 1.165) is 23.8 Å². The van der Waals surface area contributed by atoms with Gasteiger partial charge in [0.25, 0.3) is 10.0 Å². The van der Waals surface area contributed by atoms with Crippen LogP contribution in [-0.2, 0) is 10.0 Å². The van der Waals surface area contributed by atoms with E-state index in [9.17, 15) is 21.6 Å². The predicted molar refractivity (Wildman–Crippen MR) is 75.0 cm³/mol. The number of hydrogen-bond donors (Lipinski definition) is 1. The maximum absolute atomic E-state index is 13.3.